The first-order valence-electron chi connectivity index (χ1n) is 5.83. The minimum atomic E-state index is 0.582. The van der Waals surface area contributed by atoms with Gasteiger partial charge in [0.1, 0.15) is 0 Å². The molecule has 1 fully saturated rings. The van der Waals surface area contributed by atoms with E-state index in [1.54, 1.807) is 5.57 Å². The Morgan fingerprint density at radius 2 is 2.20 bits per heavy atom. The summed E-state index contributed by atoms with van der Waals surface area (Å²) in [4.78, 5) is 2.42. The van der Waals surface area contributed by atoms with Crippen LogP contribution in [0.3, 0.4) is 0 Å². The highest BCUT2D eigenvalue weighted by Gasteiger charge is 2.30. The van der Waals surface area contributed by atoms with Crippen LogP contribution in [0.25, 0.3) is 0 Å². The van der Waals surface area contributed by atoms with Crippen molar-refractivity contribution in [3.8, 4) is 0 Å². The van der Waals surface area contributed by atoms with Crippen LogP contribution in [0, 0.1) is 5.92 Å². The lowest BCUT2D eigenvalue weighted by atomic mass is 9.99. The quantitative estimate of drug-likeness (QED) is 0.578. The van der Waals surface area contributed by atoms with Crippen molar-refractivity contribution in [3.63, 3.8) is 0 Å². The molecule has 1 nitrogen and oxygen atoms in total. The maximum absolute atomic E-state index is 4.17. The molecule has 0 aromatic carbocycles. The second-order valence-electron chi connectivity index (χ2n) is 4.75. The van der Waals surface area contributed by atoms with Gasteiger partial charge < -0.3 is 4.90 Å². The summed E-state index contributed by atoms with van der Waals surface area (Å²) < 4.78 is 0. The molecule has 1 aliphatic carbocycles. The van der Waals surface area contributed by atoms with E-state index in [4.69, 9.17) is 0 Å². The molecule has 2 heterocycles. The van der Waals surface area contributed by atoms with Crippen molar-refractivity contribution in [2.75, 3.05) is 6.54 Å². The maximum Gasteiger partial charge on any atom is 0.0470 e. The highest BCUT2D eigenvalue weighted by molar-refractivity contribution is 5.49. The summed E-state index contributed by atoms with van der Waals surface area (Å²) in [6.45, 7) is 7.58. The van der Waals surface area contributed by atoms with Crippen molar-refractivity contribution in [1.29, 1.82) is 0 Å². The number of nitrogens with zero attached hydrogens (tertiary/aromatic N) is 1. The number of hydrogen-bond donors (Lipinski definition) is 0. The van der Waals surface area contributed by atoms with Gasteiger partial charge in [0, 0.05) is 17.9 Å². The fourth-order valence-electron chi connectivity index (χ4n) is 2.83. The molecule has 3 aliphatic rings. The van der Waals surface area contributed by atoms with Crippen molar-refractivity contribution >= 4 is 0 Å². The van der Waals surface area contributed by atoms with Crippen LogP contribution in [-0.2, 0) is 0 Å². The van der Waals surface area contributed by atoms with Gasteiger partial charge in [-0.05, 0) is 36.3 Å². The lowest BCUT2D eigenvalue weighted by Gasteiger charge is -2.29. The van der Waals surface area contributed by atoms with Crippen molar-refractivity contribution in [3.05, 3.63) is 47.3 Å². The van der Waals surface area contributed by atoms with Crippen molar-refractivity contribution in [1.82, 2.24) is 4.90 Å². The first kappa shape index (κ1) is 9.02. The summed E-state index contributed by atoms with van der Waals surface area (Å²) in [7, 11) is 0. The molecule has 1 saturated heterocycles. The summed E-state index contributed by atoms with van der Waals surface area (Å²) in [5.74, 6) is 0.582. The second-order valence-corrected chi connectivity index (χ2v) is 4.75. The van der Waals surface area contributed by atoms with E-state index in [2.05, 4.69) is 36.6 Å². The SMILES string of the molecule is C=C1CCC2=C3C(=CC(C)C=C2)CCN13. The van der Waals surface area contributed by atoms with Crippen LogP contribution in [0.2, 0.25) is 0 Å². The Labute approximate surface area is 91.5 Å². The number of hydrogen-bond acceptors (Lipinski definition) is 1. The molecule has 1 atom stereocenters. The average molecular weight is 199 g/mol. The number of allylic oxidation sites excluding steroid dienone is 6. The average Bonchev–Trinajstić information content (AvgIpc) is 2.55. The molecule has 0 aromatic heterocycles. The van der Waals surface area contributed by atoms with Gasteiger partial charge in [-0.3, -0.25) is 0 Å². The van der Waals surface area contributed by atoms with Gasteiger partial charge in [-0.15, -0.1) is 0 Å². The smallest absolute Gasteiger partial charge is 0.0470 e. The summed E-state index contributed by atoms with van der Waals surface area (Å²) in [6.07, 6.45) is 10.6. The molecule has 0 spiro atoms. The molecule has 0 amide bonds. The molecule has 78 valence electrons. The lowest BCUT2D eigenvalue weighted by Crippen LogP contribution is -2.21. The topological polar surface area (TPSA) is 3.24 Å². The van der Waals surface area contributed by atoms with Crippen LogP contribution in [0.1, 0.15) is 26.2 Å². The van der Waals surface area contributed by atoms with Crippen molar-refractivity contribution < 1.29 is 0 Å². The third-order valence-electron chi connectivity index (χ3n) is 3.61. The molecule has 15 heavy (non-hydrogen) atoms. The van der Waals surface area contributed by atoms with Gasteiger partial charge >= 0.3 is 0 Å². The third-order valence-corrected chi connectivity index (χ3v) is 3.61. The fourth-order valence-corrected chi connectivity index (χ4v) is 2.83. The molecule has 1 unspecified atom stereocenters. The van der Waals surface area contributed by atoms with E-state index in [9.17, 15) is 0 Å². The summed E-state index contributed by atoms with van der Waals surface area (Å²) >= 11 is 0. The van der Waals surface area contributed by atoms with E-state index in [1.165, 1.54) is 29.8 Å². The van der Waals surface area contributed by atoms with Crippen molar-refractivity contribution in [2.45, 2.75) is 26.2 Å². The summed E-state index contributed by atoms with van der Waals surface area (Å²) in [6, 6.07) is 0. The van der Waals surface area contributed by atoms with Crippen molar-refractivity contribution in [2.24, 2.45) is 5.92 Å². The van der Waals surface area contributed by atoms with E-state index in [0.29, 0.717) is 5.92 Å². The largest absolute Gasteiger partial charge is 0.345 e. The molecule has 0 radical (unpaired) electrons. The Hall–Kier alpha value is -1.24. The molecular formula is C14H17N. The predicted octanol–water partition coefficient (Wildman–Crippen LogP) is 3.39. The van der Waals surface area contributed by atoms with Crippen LogP contribution in [0.5, 0.6) is 0 Å². The zero-order valence-corrected chi connectivity index (χ0v) is 9.29. The second kappa shape index (κ2) is 3.13. The van der Waals surface area contributed by atoms with Crippen LogP contribution in [-0.4, -0.2) is 11.4 Å². The monoisotopic (exact) mass is 199 g/mol. The molecular weight excluding hydrogens is 182 g/mol. The van der Waals surface area contributed by atoms with Crippen LogP contribution in [0.4, 0.5) is 0 Å². The first-order chi connectivity index (χ1) is 7.25. The summed E-state index contributed by atoms with van der Waals surface area (Å²) in [5.41, 5.74) is 5.85. The predicted molar refractivity (Wildman–Crippen MR) is 63.1 cm³/mol. The molecule has 0 saturated carbocycles. The van der Waals surface area contributed by atoms with Gasteiger partial charge in [-0.2, -0.15) is 0 Å². The molecule has 0 N–H and O–H groups in total. The van der Waals surface area contributed by atoms with E-state index in [0.717, 1.165) is 13.0 Å². The Morgan fingerprint density at radius 3 is 3.07 bits per heavy atom. The fraction of sp³-hybridized carbons (Fsp3) is 0.429. The number of rotatable bonds is 0. The maximum atomic E-state index is 4.17. The van der Waals surface area contributed by atoms with Gasteiger partial charge in [0.15, 0.2) is 0 Å². The van der Waals surface area contributed by atoms with Crippen LogP contribution < -0.4 is 0 Å². The standard InChI is InChI=1S/C14H17N/c1-10-3-5-12-6-4-11(2)15-8-7-13(9-10)14(12)15/h3,5,9-10H,2,4,6-8H2,1H3. The summed E-state index contributed by atoms with van der Waals surface area (Å²) in [5, 5.41) is 0. The minimum Gasteiger partial charge on any atom is -0.345 e. The zero-order chi connectivity index (χ0) is 10.4. The highest BCUT2D eigenvalue weighted by atomic mass is 15.2. The van der Waals surface area contributed by atoms with Gasteiger partial charge in [0.25, 0.3) is 0 Å². The van der Waals surface area contributed by atoms with Gasteiger partial charge in [-0.1, -0.05) is 31.7 Å². The van der Waals surface area contributed by atoms with E-state index in [1.807, 2.05) is 0 Å². The van der Waals surface area contributed by atoms with Crippen LogP contribution >= 0.6 is 0 Å². The van der Waals surface area contributed by atoms with Gasteiger partial charge in [0.05, 0.1) is 0 Å². The van der Waals surface area contributed by atoms with E-state index in [-0.39, 0.29) is 0 Å². The Balaban J connectivity index is 2.14. The Morgan fingerprint density at radius 1 is 1.33 bits per heavy atom. The first-order valence-corrected chi connectivity index (χ1v) is 5.83. The zero-order valence-electron chi connectivity index (χ0n) is 9.29. The Kier molecular flexibility index (Phi) is 1.88. The van der Waals surface area contributed by atoms with Gasteiger partial charge in [0.2, 0.25) is 0 Å². The normalized spacial score (nSPS) is 29.1. The minimum absolute atomic E-state index is 0.582. The molecule has 2 aliphatic heterocycles. The lowest BCUT2D eigenvalue weighted by molar-refractivity contribution is 0.447. The third kappa shape index (κ3) is 1.30. The Bertz CT molecular complexity index is 409. The molecule has 0 aromatic rings. The van der Waals surface area contributed by atoms with Gasteiger partial charge in [-0.25, -0.2) is 0 Å². The van der Waals surface area contributed by atoms with E-state index < -0.39 is 0 Å². The molecule has 1 heteroatoms. The molecule has 3 rings (SSSR count). The molecule has 0 bridgehead atoms. The highest BCUT2D eigenvalue weighted by Crippen LogP contribution is 2.41. The van der Waals surface area contributed by atoms with E-state index >= 15 is 0 Å². The van der Waals surface area contributed by atoms with Crippen LogP contribution in [0.15, 0.2) is 47.3 Å².